The number of hydrogen-bond donors (Lipinski definition) is 1. The van der Waals surface area contributed by atoms with Gasteiger partial charge in [-0.15, -0.1) is 0 Å². The first kappa shape index (κ1) is 14.2. The number of nitrogens with zero attached hydrogens (tertiary/aromatic N) is 2. The first-order chi connectivity index (χ1) is 10.7. The van der Waals surface area contributed by atoms with Gasteiger partial charge in [-0.3, -0.25) is 4.79 Å². The molecule has 106 valence electrons. The normalized spacial score (nSPS) is 11.4. The minimum Gasteiger partial charge on any atom is -0.305 e. The molecule has 0 aliphatic heterocycles. The second kappa shape index (κ2) is 5.96. The van der Waals surface area contributed by atoms with Gasteiger partial charge in [0, 0.05) is 4.47 Å². The first-order valence-electron chi connectivity index (χ1n) is 6.54. The van der Waals surface area contributed by atoms with E-state index in [1.165, 1.54) is 0 Å². The van der Waals surface area contributed by atoms with Crippen molar-refractivity contribution < 1.29 is 0 Å². The van der Waals surface area contributed by atoms with E-state index < -0.39 is 0 Å². The second-order valence-corrected chi connectivity index (χ2v) is 5.57. The van der Waals surface area contributed by atoms with Crippen LogP contribution in [-0.2, 0) is 0 Å². The van der Waals surface area contributed by atoms with Crippen molar-refractivity contribution in [2.45, 2.75) is 0 Å². The van der Waals surface area contributed by atoms with Crippen LogP contribution in [0, 0.1) is 11.3 Å². The second-order valence-electron chi connectivity index (χ2n) is 4.65. The fourth-order valence-electron chi connectivity index (χ4n) is 2.09. The number of benzene rings is 2. The predicted molar refractivity (Wildman–Crippen MR) is 90.0 cm³/mol. The lowest BCUT2D eigenvalue weighted by Gasteiger charge is -2.02. The van der Waals surface area contributed by atoms with Gasteiger partial charge in [-0.25, -0.2) is 4.98 Å². The molecule has 0 unspecified atom stereocenters. The summed E-state index contributed by atoms with van der Waals surface area (Å²) in [6.07, 6.45) is 1.69. The Morgan fingerprint density at radius 3 is 2.64 bits per heavy atom. The molecule has 0 aliphatic carbocycles. The molecule has 0 bridgehead atoms. The van der Waals surface area contributed by atoms with Gasteiger partial charge in [0.1, 0.15) is 6.07 Å². The average Bonchev–Trinajstić information content (AvgIpc) is 2.54. The van der Waals surface area contributed by atoms with Crippen LogP contribution in [0.1, 0.15) is 11.4 Å². The Morgan fingerprint density at radius 2 is 1.91 bits per heavy atom. The van der Waals surface area contributed by atoms with E-state index in [4.69, 9.17) is 0 Å². The maximum absolute atomic E-state index is 12.1. The molecule has 3 aromatic rings. The Kier molecular flexibility index (Phi) is 3.86. The molecule has 0 saturated heterocycles. The Hall–Kier alpha value is -2.71. The van der Waals surface area contributed by atoms with Gasteiger partial charge in [0.05, 0.1) is 16.5 Å². The first-order valence-corrected chi connectivity index (χ1v) is 7.33. The van der Waals surface area contributed by atoms with E-state index in [-0.39, 0.29) is 11.4 Å². The number of nitriles is 1. The molecule has 5 heteroatoms. The number of allylic oxidation sites excluding steroid dienone is 1. The zero-order valence-corrected chi connectivity index (χ0v) is 13.0. The van der Waals surface area contributed by atoms with E-state index in [1.807, 2.05) is 30.3 Å². The molecular weight excluding hydrogens is 342 g/mol. The van der Waals surface area contributed by atoms with Crippen LogP contribution in [0.3, 0.4) is 0 Å². The fraction of sp³-hybridized carbons (Fsp3) is 0. The highest BCUT2D eigenvalue weighted by molar-refractivity contribution is 9.10. The number of aromatic nitrogens is 2. The maximum Gasteiger partial charge on any atom is 0.259 e. The summed E-state index contributed by atoms with van der Waals surface area (Å²) in [5.41, 5.74) is 1.48. The lowest BCUT2D eigenvalue weighted by Crippen LogP contribution is -2.11. The van der Waals surface area contributed by atoms with Crippen LogP contribution in [0.5, 0.6) is 0 Å². The number of rotatable bonds is 2. The summed E-state index contributed by atoms with van der Waals surface area (Å²) in [6.45, 7) is 0. The van der Waals surface area contributed by atoms with Crippen LogP contribution < -0.4 is 5.56 Å². The molecule has 0 spiro atoms. The van der Waals surface area contributed by atoms with Crippen molar-refractivity contribution in [2.24, 2.45) is 0 Å². The van der Waals surface area contributed by atoms with Gasteiger partial charge in [-0.1, -0.05) is 40.2 Å². The molecule has 1 aromatic heterocycles. The average molecular weight is 352 g/mol. The van der Waals surface area contributed by atoms with Crippen LogP contribution in [0.4, 0.5) is 0 Å². The van der Waals surface area contributed by atoms with Gasteiger partial charge >= 0.3 is 0 Å². The van der Waals surface area contributed by atoms with Gasteiger partial charge in [0.25, 0.3) is 5.56 Å². The minimum absolute atomic E-state index is 0.252. The van der Waals surface area contributed by atoms with E-state index in [9.17, 15) is 10.1 Å². The molecule has 0 radical (unpaired) electrons. The molecule has 3 rings (SSSR count). The van der Waals surface area contributed by atoms with E-state index in [1.54, 1.807) is 24.3 Å². The topological polar surface area (TPSA) is 69.5 Å². The van der Waals surface area contributed by atoms with Crippen molar-refractivity contribution in [1.29, 1.82) is 5.26 Å². The largest absolute Gasteiger partial charge is 0.305 e. The summed E-state index contributed by atoms with van der Waals surface area (Å²) < 4.78 is 0.959. The molecule has 0 amide bonds. The van der Waals surface area contributed by atoms with Gasteiger partial charge in [-0.2, -0.15) is 5.26 Å². The smallest absolute Gasteiger partial charge is 0.259 e. The van der Waals surface area contributed by atoms with Crippen LogP contribution >= 0.6 is 15.9 Å². The standard InChI is InChI=1S/C17H10BrN3O/c18-13-7-5-11(6-8-13)9-12(10-19)16-20-15-4-2-1-3-14(15)17(22)21-16/h1-9H,(H,20,21,22)/b12-9+. The zero-order chi connectivity index (χ0) is 15.5. The maximum atomic E-state index is 12.1. The third kappa shape index (κ3) is 2.83. The molecule has 0 atom stereocenters. The van der Waals surface area contributed by atoms with E-state index in [2.05, 4.69) is 32.0 Å². The molecule has 1 N–H and O–H groups in total. The molecular formula is C17H10BrN3O. The number of halogens is 1. The Bertz CT molecular complexity index is 966. The molecule has 0 saturated carbocycles. The van der Waals surface area contributed by atoms with Crippen molar-refractivity contribution in [2.75, 3.05) is 0 Å². The van der Waals surface area contributed by atoms with Crippen molar-refractivity contribution in [3.63, 3.8) is 0 Å². The zero-order valence-electron chi connectivity index (χ0n) is 11.4. The predicted octanol–water partition coefficient (Wildman–Crippen LogP) is 3.75. The monoisotopic (exact) mass is 351 g/mol. The number of fused-ring (bicyclic) bond motifs is 1. The summed E-state index contributed by atoms with van der Waals surface area (Å²) in [7, 11) is 0. The summed E-state index contributed by atoms with van der Waals surface area (Å²) in [6, 6.07) is 16.7. The quantitative estimate of drug-likeness (QED) is 0.714. The third-order valence-corrected chi connectivity index (χ3v) is 3.70. The number of para-hydroxylation sites is 1. The van der Waals surface area contributed by atoms with Gasteiger partial charge in [0.15, 0.2) is 5.82 Å². The Labute approximate surface area is 134 Å². The van der Waals surface area contributed by atoms with Crippen molar-refractivity contribution >= 4 is 38.5 Å². The van der Waals surface area contributed by atoms with Gasteiger partial charge in [0.2, 0.25) is 0 Å². The van der Waals surface area contributed by atoms with E-state index in [0.717, 1.165) is 10.0 Å². The minimum atomic E-state index is -0.252. The van der Waals surface area contributed by atoms with Crippen LogP contribution in [-0.4, -0.2) is 9.97 Å². The lowest BCUT2D eigenvalue weighted by molar-refractivity contribution is 1.13. The summed E-state index contributed by atoms with van der Waals surface area (Å²) in [5.74, 6) is 0.272. The van der Waals surface area contributed by atoms with Crippen LogP contribution in [0.25, 0.3) is 22.6 Å². The number of H-pyrrole nitrogens is 1. The highest BCUT2D eigenvalue weighted by Gasteiger charge is 2.07. The fourth-order valence-corrected chi connectivity index (χ4v) is 2.36. The Balaban J connectivity index is 2.13. The highest BCUT2D eigenvalue weighted by atomic mass is 79.9. The molecule has 22 heavy (non-hydrogen) atoms. The van der Waals surface area contributed by atoms with Crippen molar-refractivity contribution in [3.05, 3.63) is 74.7 Å². The van der Waals surface area contributed by atoms with Crippen molar-refractivity contribution in [1.82, 2.24) is 9.97 Å². The lowest BCUT2D eigenvalue weighted by atomic mass is 10.1. The Morgan fingerprint density at radius 1 is 1.18 bits per heavy atom. The van der Waals surface area contributed by atoms with Gasteiger partial charge in [-0.05, 0) is 35.9 Å². The molecule has 4 nitrogen and oxygen atoms in total. The van der Waals surface area contributed by atoms with Crippen LogP contribution in [0.2, 0.25) is 0 Å². The van der Waals surface area contributed by atoms with Gasteiger partial charge < -0.3 is 4.98 Å². The summed E-state index contributed by atoms with van der Waals surface area (Å²) in [5, 5.41) is 9.88. The van der Waals surface area contributed by atoms with E-state index >= 15 is 0 Å². The SMILES string of the molecule is N#C/C(=C\c1ccc(Br)cc1)c1nc2ccccc2c(=O)[nH]1. The number of aromatic amines is 1. The van der Waals surface area contributed by atoms with Crippen LogP contribution in [0.15, 0.2) is 57.8 Å². The summed E-state index contributed by atoms with van der Waals surface area (Å²) in [4.78, 5) is 19.1. The number of hydrogen-bond acceptors (Lipinski definition) is 3. The summed E-state index contributed by atoms with van der Waals surface area (Å²) >= 11 is 3.36. The molecule has 0 fully saturated rings. The van der Waals surface area contributed by atoms with E-state index in [0.29, 0.717) is 16.5 Å². The highest BCUT2D eigenvalue weighted by Crippen LogP contribution is 2.17. The molecule has 1 heterocycles. The third-order valence-electron chi connectivity index (χ3n) is 3.17. The molecule has 2 aromatic carbocycles. The molecule has 0 aliphatic rings. The number of nitrogens with one attached hydrogen (secondary N) is 1. The van der Waals surface area contributed by atoms with Crippen molar-refractivity contribution in [3.8, 4) is 6.07 Å².